The molecule has 1 fully saturated rings. The molecule has 0 bridgehead atoms. The normalized spacial score (nSPS) is 15.7. The number of hydrogen-bond donors (Lipinski definition) is 1. The fraction of sp³-hybridized carbons (Fsp3) is 0.438. The van der Waals surface area contributed by atoms with E-state index >= 15 is 0 Å². The van der Waals surface area contributed by atoms with Crippen molar-refractivity contribution in [1.82, 2.24) is 5.32 Å². The molecule has 1 aliphatic carbocycles. The molecule has 1 aromatic rings. The molecule has 0 aliphatic heterocycles. The van der Waals surface area contributed by atoms with Gasteiger partial charge in [0.1, 0.15) is 11.4 Å². The third-order valence-electron chi connectivity index (χ3n) is 3.60. The lowest BCUT2D eigenvalue weighted by Crippen LogP contribution is -2.46. The van der Waals surface area contributed by atoms with Crippen LogP contribution in [0.5, 0.6) is 0 Å². The van der Waals surface area contributed by atoms with Crippen molar-refractivity contribution in [1.29, 1.82) is 5.26 Å². The average Bonchev–Trinajstić information content (AvgIpc) is 3.01. The monoisotopic (exact) mass is 336 g/mol. The third-order valence-corrected chi connectivity index (χ3v) is 4.62. The topological polar surface area (TPSA) is 79.2 Å². The van der Waals surface area contributed by atoms with Gasteiger partial charge in [0.15, 0.2) is 6.61 Å². The summed E-state index contributed by atoms with van der Waals surface area (Å²) >= 11 is 1.01. The lowest BCUT2D eigenvalue weighted by atomic mass is 10.00. The molecule has 1 N–H and O–H groups in total. The molecule has 1 saturated carbocycles. The largest absolute Gasteiger partial charge is 0.455 e. The van der Waals surface area contributed by atoms with E-state index in [-0.39, 0.29) is 5.75 Å². The Hall–Kier alpha value is -2.07. The van der Waals surface area contributed by atoms with Crippen LogP contribution >= 0.6 is 11.8 Å². The Kier molecular flexibility index (Phi) is 5.99. The van der Waals surface area contributed by atoms with E-state index in [0.717, 1.165) is 24.6 Å². The molecule has 7 heteroatoms. The second-order valence-electron chi connectivity index (χ2n) is 5.33. The maximum atomic E-state index is 13.4. The number of esters is 1. The Labute approximate surface area is 138 Å². The predicted molar refractivity (Wildman–Crippen MR) is 83.0 cm³/mol. The summed E-state index contributed by atoms with van der Waals surface area (Å²) in [5, 5.41) is 11.8. The van der Waals surface area contributed by atoms with Crippen LogP contribution in [0.15, 0.2) is 29.2 Å². The second kappa shape index (κ2) is 7.97. The molecule has 5 nitrogen and oxygen atoms in total. The standard InChI is InChI=1S/C16H17FN2O3S/c17-12-5-1-2-6-13(12)23-10-15(21)22-9-14(20)19-16(11-18)7-3-4-8-16/h1-2,5-6H,3-4,7-10H2,(H,19,20). The minimum Gasteiger partial charge on any atom is -0.455 e. The summed E-state index contributed by atoms with van der Waals surface area (Å²) in [7, 11) is 0. The molecule has 0 radical (unpaired) electrons. The fourth-order valence-electron chi connectivity index (χ4n) is 2.43. The number of amides is 1. The van der Waals surface area contributed by atoms with Gasteiger partial charge in [-0.3, -0.25) is 9.59 Å². The van der Waals surface area contributed by atoms with Gasteiger partial charge >= 0.3 is 5.97 Å². The molecule has 2 rings (SSSR count). The molecular weight excluding hydrogens is 319 g/mol. The molecule has 0 spiro atoms. The lowest BCUT2D eigenvalue weighted by molar-refractivity contribution is -0.146. The summed E-state index contributed by atoms with van der Waals surface area (Å²) < 4.78 is 18.3. The van der Waals surface area contributed by atoms with Crippen LogP contribution in [-0.4, -0.2) is 29.8 Å². The molecule has 1 amide bonds. The first-order valence-corrected chi connectivity index (χ1v) is 8.28. The molecule has 1 aromatic carbocycles. The number of ether oxygens (including phenoxy) is 1. The van der Waals surface area contributed by atoms with Crippen LogP contribution in [0.1, 0.15) is 25.7 Å². The number of hydrogen-bond acceptors (Lipinski definition) is 5. The van der Waals surface area contributed by atoms with E-state index in [4.69, 9.17) is 10.00 Å². The van der Waals surface area contributed by atoms with E-state index in [0.29, 0.717) is 17.7 Å². The first-order valence-electron chi connectivity index (χ1n) is 7.30. The molecule has 1 aliphatic rings. The molecule has 0 heterocycles. The molecule has 0 aromatic heterocycles. The Bertz CT molecular complexity index is 624. The SMILES string of the molecule is N#CC1(NC(=O)COC(=O)CSc2ccccc2F)CCCC1. The first kappa shape index (κ1) is 17.3. The van der Waals surface area contributed by atoms with Crippen LogP contribution < -0.4 is 5.32 Å². The van der Waals surface area contributed by atoms with E-state index < -0.39 is 29.8 Å². The van der Waals surface area contributed by atoms with Crippen LogP contribution in [0.3, 0.4) is 0 Å². The summed E-state index contributed by atoms with van der Waals surface area (Å²) in [5.74, 6) is -1.58. The van der Waals surface area contributed by atoms with E-state index in [9.17, 15) is 14.0 Å². The number of benzene rings is 1. The van der Waals surface area contributed by atoms with E-state index in [2.05, 4.69) is 11.4 Å². The van der Waals surface area contributed by atoms with Gasteiger partial charge in [0.25, 0.3) is 5.91 Å². The van der Waals surface area contributed by atoms with Crippen LogP contribution in [0.25, 0.3) is 0 Å². The van der Waals surface area contributed by atoms with Crippen molar-refractivity contribution >= 4 is 23.6 Å². The zero-order valence-corrected chi connectivity index (χ0v) is 13.3. The van der Waals surface area contributed by atoms with E-state index in [1.807, 2.05) is 0 Å². The number of carbonyl (C=O) groups is 2. The Morgan fingerprint density at radius 2 is 2.04 bits per heavy atom. The molecular formula is C16H17FN2O3S. The first-order chi connectivity index (χ1) is 11.0. The minimum atomic E-state index is -0.828. The van der Waals surface area contributed by atoms with Gasteiger partial charge < -0.3 is 10.1 Å². The number of rotatable bonds is 6. The lowest BCUT2D eigenvalue weighted by Gasteiger charge is -2.21. The van der Waals surface area contributed by atoms with Gasteiger partial charge in [-0.15, -0.1) is 11.8 Å². The van der Waals surface area contributed by atoms with Gasteiger partial charge in [-0.2, -0.15) is 5.26 Å². The number of thioether (sulfide) groups is 1. The van der Waals surface area contributed by atoms with Gasteiger partial charge in [-0.25, -0.2) is 4.39 Å². The Balaban J connectivity index is 1.73. The molecule has 0 unspecified atom stereocenters. The number of nitrogens with one attached hydrogen (secondary N) is 1. The van der Waals surface area contributed by atoms with Crippen molar-refractivity contribution in [3.05, 3.63) is 30.1 Å². The zero-order chi connectivity index (χ0) is 16.7. The number of carbonyl (C=O) groups excluding carboxylic acids is 2. The van der Waals surface area contributed by atoms with Crippen molar-refractivity contribution in [3.8, 4) is 6.07 Å². The van der Waals surface area contributed by atoms with Crippen LogP contribution in [0, 0.1) is 17.1 Å². The molecule has 23 heavy (non-hydrogen) atoms. The molecule has 122 valence electrons. The van der Waals surface area contributed by atoms with Gasteiger partial charge in [0.05, 0.1) is 11.8 Å². The quantitative estimate of drug-likeness (QED) is 0.637. The Morgan fingerprint density at radius 3 is 2.70 bits per heavy atom. The van der Waals surface area contributed by atoms with E-state index in [1.54, 1.807) is 18.2 Å². The second-order valence-corrected chi connectivity index (χ2v) is 6.35. The maximum absolute atomic E-state index is 13.4. The van der Waals surface area contributed by atoms with Gasteiger partial charge in [0, 0.05) is 4.90 Å². The van der Waals surface area contributed by atoms with Crippen molar-refractivity contribution in [2.45, 2.75) is 36.1 Å². The highest BCUT2D eigenvalue weighted by atomic mass is 32.2. The molecule has 0 saturated heterocycles. The number of nitrogens with zero attached hydrogens (tertiary/aromatic N) is 1. The average molecular weight is 336 g/mol. The number of nitriles is 1. The minimum absolute atomic E-state index is 0.0857. The Morgan fingerprint density at radius 1 is 1.35 bits per heavy atom. The summed E-state index contributed by atoms with van der Waals surface area (Å²) in [6.45, 7) is -0.430. The van der Waals surface area contributed by atoms with Crippen molar-refractivity contribution < 1.29 is 18.7 Å². The maximum Gasteiger partial charge on any atom is 0.316 e. The predicted octanol–water partition coefficient (Wildman–Crippen LogP) is 2.41. The summed E-state index contributed by atoms with van der Waals surface area (Å²) in [4.78, 5) is 23.7. The van der Waals surface area contributed by atoms with Gasteiger partial charge in [0.2, 0.25) is 0 Å². The number of halogens is 1. The summed E-state index contributed by atoms with van der Waals surface area (Å²) in [5.41, 5.74) is -0.828. The summed E-state index contributed by atoms with van der Waals surface area (Å²) in [6, 6.07) is 8.25. The van der Waals surface area contributed by atoms with Crippen molar-refractivity contribution in [3.63, 3.8) is 0 Å². The van der Waals surface area contributed by atoms with Gasteiger partial charge in [-0.05, 0) is 37.8 Å². The highest BCUT2D eigenvalue weighted by molar-refractivity contribution is 8.00. The van der Waals surface area contributed by atoms with Crippen molar-refractivity contribution in [2.75, 3.05) is 12.4 Å². The van der Waals surface area contributed by atoms with Crippen molar-refractivity contribution in [2.24, 2.45) is 0 Å². The fourth-order valence-corrected chi connectivity index (χ4v) is 3.17. The van der Waals surface area contributed by atoms with Crippen LogP contribution in [-0.2, 0) is 14.3 Å². The van der Waals surface area contributed by atoms with Gasteiger partial charge in [-0.1, -0.05) is 12.1 Å². The smallest absolute Gasteiger partial charge is 0.316 e. The molecule has 0 atom stereocenters. The summed E-state index contributed by atoms with van der Waals surface area (Å²) in [6.07, 6.45) is 3.03. The highest BCUT2D eigenvalue weighted by Crippen LogP contribution is 2.28. The highest BCUT2D eigenvalue weighted by Gasteiger charge is 2.35. The zero-order valence-electron chi connectivity index (χ0n) is 12.5. The van der Waals surface area contributed by atoms with Crippen LogP contribution in [0.4, 0.5) is 4.39 Å². The third kappa shape index (κ3) is 4.96. The van der Waals surface area contributed by atoms with Crippen LogP contribution in [0.2, 0.25) is 0 Å². The van der Waals surface area contributed by atoms with E-state index in [1.165, 1.54) is 6.07 Å².